The molecule has 34 heavy (non-hydrogen) atoms. The van der Waals surface area contributed by atoms with Gasteiger partial charge in [-0.05, 0) is 61.2 Å². The number of unbranched alkanes of at least 4 members (excludes halogenated alkanes) is 2. The van der Waals surface area contributed by atoms with E-state index in [1.807, 2.05) is 6.92 Å². The van der Waals surface area contributed by atoms with Crippen LogP contribution in [0.1, 0.15) is 134 Å². The first-order valence-corrected chi connectivity index (χ1v) is 13.2. The Morgan fingerprint density at radius 2 is 1.35 bits per heavy atom. The quantitative estimate of drug-likeness (QED) is 0.114. The van der Waals surface area contributed by atoms with Gasteiger partial charge in [0.25, 0.3) is 0 Å². The van der Waals surface area contributed by atoms with E-state index in [9.17, 15) is 9.59 Å². The summed E-state index contributed by atoms with van der Waals surface area (Å²) in [5, 5.41) is 0. The molecule has 0 N–H and O–H groups in total. The fourth-order valence-corrected chi connectivity index (χ4v) is 4.32. The summed E-state index contributed by atoms with van der Waals surface area (Å²) in [6.07, 6.45) is 7.70. The molecule has 1 aliphatic rings. The molecule has 0 aliphatic carbocycles. The van der Waals surface area contributed by atoms with Gasteiger partial charge in [0, 0.05) is 6.42 Å². The fraction of sp³-hybridized carbons (Fsp3) is 0.929. The molecule has 0 amide bonds. The molecule has 1 rings (SSSR count). The Bertz CT molecular complexity index is 665. The lowest BCUT2D eigenvalue weighted by Gasteiger charge is -2.46. The third-order valence-corrected chi connectivity index (χ3v) is 7.93. The van der Waals surface area contributed by atoms with Crippen LogP contribution in [-0.4, -0.2) is 17.7 Å². The lowest BCUT2D eigenvalue weighted by molar-refractivity contribution is -0.275. The number of hydrogen-bond acceptors (Lipinski definition) is 6. The van der Waals surface area contributed by atoms with Crippen LogP contribution >= 0.6 is 0 Å². The summed E-state index contributed by atoms with van der Waals surface area (Å²) in [7, 11) is 0. The van der Waals surface area contributed by atoms with Crippen molar-refractivity contribution >= 4 is 11.9 Å². The molecule has 2 unspecified atom stereocenters. The van der Waals surface area contributed by atoms with Crippen LogP contribution in [0, 0.1) is 27.6 Å². The molecule has 0 aromatic rings. The summed E-state index contributed by atoms with van der Waals surface area (Å²) in [5.41, 5.74) is -0.695. The van der Waals surface area contributed by atoms with Crippen LogP contribution in [0.2, 0.25) is 0 Å². The molecule has 200 valence electrons. The number of hydrogen-bond donors (Lipinski definition) is 0. The Balaban J connectivity index is 2.80. The Hall–Kier alpha value is -1.14. The second kappa shape index (κ2) is 11.7. The Morgan fingerprint density at radius 1 is 0.794 bits per heavy atom. The summed E-state index contributed by atoms with van der Waals surface area (Å²) in [6, 6.07) is 0. The average molecular weight is 485 g/mol. The van der Waals surface area contributed by atoms with E-state index in [1.54, 1.807) is 0 Å². The third-order valence-electron chi connectivity index (χ3n) is 7.93. The van der Waals surface area contributed by atoms with Crippen molar-refractivity contribution in [2.75, 3.05) is 0 Å². The molecule has 1 fully saturated rings. The number of carbonyl (C=O) groups is 2. The normalized spacial score (nSPS) is 18.7. The minimum Gasteiger partial charge on any atom is -0.247 e. The van der Waals surface area contributed by atoms with E-state index in [-0.39, 0.29) is 22.2 Å². The molecule has 6 heteroatoms. The molecule has 6 nitrogen and oxygen atoms in total. The molecular formula is C28H52O6. The molecule has 0 radical (unpaired) electrons. The van der Waals surface area contributed by atoms with Gasteiger partial charge in [0.15, 0.2) is 0 Å². The lowest BCUT2D eigenvalue weighted by atomic mass is 9.57. The molecule has 0 bridgehead atoms. The summed E-state index contributed by atoms with van der Waals surface area (Å²) in [4.78, 5) is 46.1. The monoisotopic (exact) mass is 484 g/mol. The van der Waals surface area contributed by atoms with Crippen molar-refractivity contribution in [1.29, 1.82) is 0 Å². The summed E-state index contributed by atoms with van der Waals surface area (Å²) < 4.78 is 0. The van der Waals surface area contributed by atoms with Gasteiger partial charge in [-0.25, -0.2) is 19.4 Å². The Kier molecular flexibility index (Phi) is 10.7. The highest BCUT2D eigenvalue weighted by Crippen LogP contribution is 2.51. The van der Waals surface area contributed by atoms with E-state index in [2.05, 4.69) is 69.2 Å². The predicted molar refractivity (Wildman–Crippen MR) is 134 cm³/mol. The molecule has 0 aromatic carbocycles. The van der Waals surface area contributed by atoms with Crippen molar-refractivity contribution in [2.24, 2.45) is 27.6 Å². The first kappa shape index (κ1) is 30.9. The van der Waals surface area contributed by atoms with Crippen molar-refractivity contribution in [2.45, 2.75) is 140 Å². The SMILES string of the molecule is CCCCC(C)(C(=O)OOC(=O)C1(CCCCC(C)(C)C)OO1)C(C)(C)C(C)CCC(C)(C)C. The topological polar surface area (TPSA) is 77.7 Å². The van der Waals surface area contributed by atoms with E-state index < -0.39 is 23.1 Å². The highest BCUT2D eigenvalue weighted by atomic mass is 17.4. The average Bonchev–Trinajstić information content (AvgIpc) is 3.50. The van der Waals surface area contributed by atoms with Crippen molar-refractivity contribution in [1.82, 2.24) is 0 Å². The van der Waals surface area contributed by atoms with Gasteiger partial charge in [0.2, 0.25) is 0 Å². The Labute approximate surface area is 208 Å². The van der Waals surface area contributed by atoms with Crippen LogP contribution in [0.25, 0.3) is 0 Å². The molecule has 0 saturated carbocycles. The largest absolute Gasteiger partial charge is 0.420 e. The summed E-state index contributed by atoms with van der Waals surface area (Å²) >= 11 is 0. The molecule has 1 saturated heterocycles. The first-order chi connectivity index (χ1) is 15.4. The van der Waals surface area contributed by atoms with Crippen LogP contribution in [0.4, 0.5) is 0 Å². The Morgan fingerprint density at radius 3 is 1.82 bits per heavy atom. The third kappa shape index (κ3) is 8.82. The smallest absolute Gasteiger partial charge is 0.247 e. The minimum atomic E-state index is -1.44. The van der Waals surface area contributed by atoms with Gasteiger partial charge in [0.05, 0.1) is 5.41 Å². The number of rotatable bonds is 13. The van der Waals surface area contributed by atoms with Crippen molar-refractivity contribution < 1.29 is 29.1 Å². The summed E-state index contributed by atoms with van der Waals surface area (Å²) in [6.45, 7) is 23.8. The van der Waals surface area contributed by atoms with Crippen LogP contribution in [0.5, 0.6) is 0 Å². The first-order valence-electron chi connectivity index (χ1n) is 13.2. The molecule has 2 atom stereocenters. The van der Waals surface area contributed by atoms with Gasteiger partial charge in [-0.3, -0.25) is 0 Å². The lowest BCUT2D eigenvalue weighted by Crippen LogP contribution is -2.47. The maximum absolute atomic E-state index is 13.4. The second-order valence-corrected chi connectivity index (χ2v) is 13.6. The van der Waals surface area contributed by atoms with E-state index >= 15 is 0 Å². The van der Waals surface area contributed by atoms with Crippen LogP contribution in [-0.2, 0) is 29.1 Å². The number of carbonyl (C=O) groups excluding carboxylic acids is 2. The van der Waals surface area contributed by atoms with Gasteiger partial charge < -0.3 is 0 Å². The van der Waals surface area contributed by atoms with Gasteiger partial charge in [-0.2, -0.15) is 9.78 Å². The molecule has 0 spiro atoms. The minimum absolute atomic E-state index is 0.228. The predicted octanol–water partition coefficient (Wildman–Crippen LogP) is 7.94. The highest BCUT2D eigenvalue weighted by Gasteiger charge is 2.60. The van der Waals surface area contributed by atoms with Gasteiger partial charge in [0.1, 0.15) is 0 Å². The van der Waals surface area contributed by atoms with Gasteiger partial charge >= 0.3 is 17.7 Å². The van der Waals surface area contributed by atoms with Crippen LogP contribution in [0.3, 0.4) is 0 Å². The van der Waals surface area contributed by atoms with E-state index in [0.29, 0.717) is 12.8 Å². The zero-order valence-corrected chi connectivity index (χ0v) is 23.9. The summed E-state index contributed by atoms with van der Waals surface area (Å²) in [5.74, 6) is -2.47. The standard InChI is InChI=1S/C28H52O6/c1-12-13-18-27(11,26(9,10)21(2)16-20-25(6,7)8)22(29)31-32-23(30)28(33-34-28)19-15-14-17-24(3,4)5/h21H,12-20H2,1-11H3. The molecular weight excluding hydrogens is 432 g/mol. The molecule has 1 heterocycles. The zero-order valence-electron chi connectivity index (χ0n) is 23.9. The molecule has 1 aliphatic heterocycles. The van der Waals surface area contributed by atoms with E-state index in [4.69, 9.17) is 19.6 Å². The molecule has 0 aromatic heterocycles. The maximum atomic E-state index is 13.4. The van der Waals surface area contributed by atoms with Crippen LogP contribution < -0.4 is 0 Å². The van der Waals surface area contributed by atoms with Crippen molar-refractivity contribution in [3.05, 3.63) is 0 Å². The van der Waals surface area contributed by atoms with Crippen LogP contribution in [0.15, 0.2) is 0 Å². The van der Waals surface area contributed by atoms with E-state index in [1.165, 1.54) is 0 Å². The van der Waals surface area contributed by atoms with Crippen molar-refractivity contribution in [3.8, 4) is 0 Å². The van der Waals surface area contributed by atoms with Crippen molar-refractivity contribution in [3.63, 3.8) is 0 Å². The van der Waals surface area contributed by atoms with Gasteiger partial charge in [-0.15, -0.1) is 0 Å². The zero-order chi connectivity index (χ0) is 26.4. The fourth-order valence-electron chi connectivity index (χ4n) is 4.32. The maximum Gasteiger partial charge on any atom is 0.420 e. The van der Waals surface area contributed by atoms with E-state index in [0.717, 1.165) is 44.9 Å². The highest BCUT2D eigenvalue weighted by molar-refractivity contribution is 5.81. The second-order valence-electron chi connectivity index (χ2n) is 13.6. The van der Waals surface area contributed by atoms with Gasteiger partial charge in [-0.1, -0.05) is 88.5 Å².